The lowest BCUT2D eigenvalue weighted by Gasteiger charge is -2.16. The van der Waals surface area contributed by atoms with Gasteiger partial charge in [0.2, 0.25) is 0 Å². The molecule has 0 fully saturated rings. The van der Waals surface area contributed by atoms with Gasteiger partial charge in [0.05, 0.1) is 0 Å². The highest BCUT2D eigenvalue weighted by Crippen LogP contribution is 2.35. The summed E-state index contributed by atoms with van der Waals surface area (Å²) in [6, 6.07) is 6.55. The first kappa shape index (κ1) is 16.6. The first-order valence-corrected chi connectivity index (χ1v) is 9.53. The summed E-state index contributed by atoms with van der Waals surface area (Å²) >= 11 is 0. The molecule has 134 valence electrons. The molecule has 0 radical (unpaired) electrons. The number of rotatable bonds is 5. The Morgan fingerprint density at radius 3 is 3.04 bits per heavy atom. The van der Waals surface area contributed by atoms with Gasteiger partial charge in [0, 0.05) is 38.9 Å². The molecule has 25 heavy (non-hydrogen) atoms. The van der Waals surface area contributed by atoms with Gasteiger partial charge in [0.25, 0.3) is 0 Å². The molecule has 3 heterocycles. The van der Waals surface area contributed by atoms with E-state index in [0.717, 1.165) is 50.5 Å². The lowest BCUT2D eigenvalue weighted by Crippen LogP contribution is -2.24. The van der Waals surface area contributed by atoms with E-state index in [0.29, 0.717) is 0 Å². The normalized spacial score (nSPS) is 18.3. The SMILES string of the molecule is CC1(C)Cc2cc(CNCCc3nnc4n3CCCCC4)ccc2O1. The Morgan fingerprint density at radius 1 is 1.20 bits per heavy atom. The van der Waals surface area contributed by atoms with Crippen molar-refractivity contribution in [2.75, 3.05) is 6.54 Å². The molecule has 0 unspecified atom stereocenters. The van der Waals surface area contributed by atoms with Crippen LogP contribution in [-0.4, -0.2) is 26.9 Å². The monoisotopic (exact) mass is 340 g/mol. The number of nitrogens with one attached hydrogen (secondary N) is 1. The van der Waals surface area contributed by atoms with Crippen LogP contribution in [0.5, 0.6) is 5.75 Å². The third-order valence-corrected chi connectivity index (χ3v) is 5.17. The van der Waals surface area contributed by atoms with Crippen molar-refractivity contribution in [3.63, 3.8) is 0 Å². The number of aromatic nitrogens is 3. The van der Waals surface area contributed by atoms with Crippen LogP contribution in [0.4, 0.5) is 0 Å². The van der Waals surface area contributed by atoms with Gasteiger partial charge in [-0.2, -0.15) is 0 Å². The van der Waals surface area contributed by atoms with Crippen molar-refractivity contribution in [3.05, 3.63) is 41.0 Å². The van der Waals surface area contributed by atoms with Gasteiger partial charge in [-0.3, -0.25) is 0 Å². The molecule has 0 amide bonds. The van der Waals surface area contributed by atoms with E-state index < -0.39 is 0 Å². The molecule has 0 bridgehead atoms. The highest BCUT2D eigenvalue weighted by atomic mass is 16.5. The van der Waals surface area contributed by atoms with Crippen LogP contribution in [0.25, 0.3) is 0 Å². The molecule has 0 spiro atoms. The highest BCUT2D eigenvalue weighted by Gasteiger charge is 2.29. The Hall–Kier alpha value is -1.88. The minimum absolute atomic E-state index is 0.0696. The third-order valence-electron chi connectivity index (χ3n) is 5.17. The molecule has 2 aliphatic heterocycles. The van der Waals surface area contributed by atoms with Crippen molar-refractivity contribution in [2.45, 2.75) is 71.1 Å². The molecule has 2 aliphatic rings. The predicted octanol–water partition coefficient (Wildman–Crippen LogP) is 3.05. The van der Waals surface area contributed by atoms with Gasteiger partial charge in [0.15, 0.2) is 0 Å². The lowest BCUT2D eigenvalue weighted by molar-refractivity contribution is 0.138. The molecule has 4 rings (SSSR count). The van der Waals surface area contributed by atoms with E-state index in [1.54, 1.807) is 0 Å². The maximum absolute atomic E-state index is 5.95. The Morgan fingerprint density at radius 2 is 2.12 bits per heavy atom. The maximum Gasteiger partial charge on any atom is 0.134 e. The third kappa shape index (κ3) is 3.71. The summed E-state index contributed by atoms with van der Waals surface area (Å²) in [7, 11) is 0. The van der Waals surface area contributed by atoms with Crippen molar-refractivity contribution in [2.24, 2.45) is 0 Å². The van der Waals surface area contributed by atoms with Crippen LogP contribution in [0, 0.1) is 0 Å². The molecule has 0 atom stereocenters. The quantitative estimate of drug-likeness (QED) is 0.850. The molecule has 1 aromatic heterocycles. The summed E-state index contributed by atoms with van der Waals surface area (Å²) in [6.45, 7) is 7.18. The second-order valence-electron chi connectivity index (χ2n) is 7.90. The Labute approximate surface area is 149 Å². The molecular weight excluding hydrogens is 312 g/mol. The van der Waals surface area contributed by atoms with Gasteiger partial charge in [-0.25, -0.2) is 0 Å². The average Bonchev–Trinajstić information content (AvgIpc) is 3.00. The van der Waals surface area contributed by atoms with Crippen LogP contribution in [-0.2, 0) is 32.4 Å². The topological polar surface area (TPSA) is 52.0 Å². The first-order valence-electron chi connectivity index (χ1n) is 9.53. The summed E-state index contributed by atoms with van der Waals surface area (Å²) < 4.78 is 8.29. The van der Waals surface area contributed by atoms with Crippen LogP contribution < -0.4 is 10.1 Å². The van der Waals surface area contributed by atoms with Crippen LogP contribution in [0.1, 0.15) is 55.9 Å². The Kier molecular flexibility index (Phi) is 4.50. The largest absolute Gasteiger partial charge is 0.487 e. The van der Waals surface area contributed by atoms with E-state index in [1.807, 2.05) is 0 Å². The van der Waals surface area contributed by atoms with Crippen LogP contribution in [0.15, 0.2) is 18.2 Å². The molecular formula is C20H28N4O. The average molecular weight is 340 g/mol. The van der Waals surface area contributed by atoms with Crippen molar-refractivity contribution in [1.82, 2.24) is 20.1 Å². The van der Waals surface area contributed by atoms with E-state index >= 15 is 0 Å². The number of hydrogen-bond acceptors (Lipinski definition) is 4. The lowest BCUT2D eigenvalue weighted by atomic mass is 10.0. The van der Waals surface area contributed by atoms with Crippen molar-refractivity contribution >= 4 is 0 Å². The molecule has 5 nitrogen and oxygen atoms in total. The zero-order valence-electron chi connectivity index (χ0n) is 15.3. The maximum atomic E-state index is 5.95. The van der Waals surface area contributed by atoms with E-state index in [-0.39, 0.29) is 5.60 Å². The number of nitrogens with zero attached hydrogens (tertiary/aromatic N) is 3. The first-order chi connectivity index (χ1) is 12.1. The second-order valence-corrected chi connectivity index (χ2v) is 7.90. The fourth-order valence-corrected chi connectivity index (χ4v) is 3.94. The molecule has 0 aliphatic carbocycles. The van der Waals surface area contributed by atoms with Gasteiger partial charge in [-0.1, -0.05) is 18.6 Å². The van der Waals surface area contributed by atoms with Crippen molar-refractivity contribution < 1.29 is 4.74 Å². The molecule has 2 aromatic rings. The number of fused-ring (bicyclic) bond motifs is 2. The molecule has 1 aromatic carbocycles. The summed E-state index contributed by atoms with van der Waals surface area (Å²) in [5.74, 6) is 3.35. The summed E-state index contributed by atoms with van der Waals surface area (Å²) in [4.78, 5) is 0. The molecule has 0 saturated carbocycles. The van der Waals surface area contributed by atoms with Gasteiger partial charge in [-0.05, 0) is 43.9 Å². The fourth-order valence-electron chi connectivity index (χ4n) is 3.94. The number of hydrogen-bond donors (Lipinski definition) is 1. The van der Waals surface area contributed by atoms with E-state index in [4.69, 9.17) is 4.74 Å². The zero-order valence-corrected chi connectivity index (χ0v) is 15.3. The van der Waals surface area contributed by atoms with E-state index in [1.165, 1.54) is 36.2 Å². The molecule has 0 saturated heterocycles. The van der Waals surface area contributed by atoms with Crippen molar-refractivity contribution in [3.8, 4) is 5.75 Å². The van der Waals surface area contributed by atoms with Gasteiger partial charge >= 0.3 is 0 Å². The van der Waals surface area contributed by atoms with Crippen LogP contribution >= 0.6 is 0 Å². The Balaban J connectivity index is 1.30. The molecule has 1 N–H and O–H groups in total. The summed E-state index contributed by atoms with van der Waals surface area (Å²) in [6.07, 6.45) is 6.80. The van der Waals surface area contributed by atoms with Crippen molar-refractivity contribution in [1.29, 1.82) is 0 Å². The Bertz CT molecular complexity index is 750. The number of benzene rings is 1. The zero-order chi connectivity index (χ0) is 17.3. The van der Waals surface area contributed by atoms with Gasteiger partial charge < -0.3 is 14.6 Å². The minimum Gasteiger partial charge on any atom is -0.487 e. The molecule has 5 heteroatoms. The predicted molar refractivity (Wildman–Crippen MR) is 97.8 cm³/mol. The number of aryl methyl sites for hydroxylation is 1. The summed E-state index contributed by atoms with van der Waals surface area (Å²) in [5.41, 5.74) is 2.58. The standard InChI is InChI=1S/C20H28N4O/c1-20(2)13-16-12-15(7-8-17(16)25-20)14-21-10-9-19-23-22-18-6-4-3-5-11-24(18)19/h7-8,12,21H,3-6,9-11,13-14H2,1-2H3. The minimum atomic E-state index is -0.0696. The van der Waals surface area contributed by atoms with Gasteiger partial charge in [0.1, 0.15) is 23.0 Å². The van der Waals surface area contributed by atoms with Gasteiger partial charge in [-0.15, -0.1) is 10.2 Å². The van der Waals surface area contributed by atoms with E-state index in [9.17, 15) is 0 Å². The highest BCUT2D eigenvalue weighted by molar-refractivity contribution is 5.41. The summed E-state index contributed by atoms with van der Waals surface area (Å²) in [5, 5.41) is 12.3. The number of ether oxygens (including phenoxy) is 1. The van der Waals surface area contributed by atoms with E-state index in [2.05, 4.69) is 52.1 Å². The smallest absolute Gasteiger partial charge is 0.134 e. The fraction of sp³-hybridized carbons (Fsp3) is 0.600. The second kappa shape index (κ2) is 6.79. The van der Waals surface area contributed by atoms with Crippen LogP contribution in [0.3, 0.4) is 0 Å². The van der Waals surface area contributed by atoms with Crippen LogP contribution in [0.2, 0.25) is 0 Å².